The lowest BCUT2D eigenvalue weighted by molar-refractivity contribution is -0.0546. The molecular weight excluding hydrogens is 442 g/mol. The number of aromatic nitrogens is 2. The van der Waals surface area contributed by atoms with E-state index in [0.717, 1.165) is 5.56 Å². The Balaban J connectivity index is 1.74. The molecule has 0 spiro atoms. The summed E-state index contributed by atoms with van der Waals surface area (Å²) in [5.74, 6) is 0.168. The van der Waals surface area contributed by atoms with E-state index in [1.54, 1.807) is 28.8 Å². The van der Waals surface area contributed by atoms with Crippen molar-refractivity contribution in [3.63, 3.8) is 0 Å². The maximum Gasteiger partial charge on any atom is 0.171 e. The number of hydrogen-bond donors (Lipinski definition) is 3. The van der Waals surface area contributed by atoms with E-state index in [1.807, 2.05) is 0 Å². The molecule has 1 aliphatic heterocycles. The van der Waals surface area contributed by atoms with Crippen molar-refractivity contribution in [1.82, 2.24) is 9.55 Å². The average molecular weight is 459 g/mol. The number of rotatable bonds is 5. The molecule has 0 saturated carbocycles. The van der Waals surface area contributed by atoms with Gasteiger partial charge in [0.15, 0.2) is 11.4 Å². The molecule has 3 aromatic rings. The number of imidazole rings is 1. The van der Waals surface area contributed by atoms with E-state index in [2.05, 4.69) is 4.98 Å². The topological polar surface area (TPSA) is 87.7 Å². The first-order chi connectivity index (χ1) is 13.9. The molecule has 0 bridgehead atoms. The van der Waals surface area contributed by atoms with Crippen molar-refractivity contribution in [3.8, 4) is 0 Å². The molecule has 154 valence electrons. The van der Waals surface area contributed by atoms with Gasteiger partial charge < -0.3 is 20.1 Å². The monoisotopic (exact) mass is 458 g/mol. The molecule has 1 aromatic heterocycles. The Morgan fingerprint density at radius 3 is 2.45 bits per heavy atom. The number of halogens is 3. The lowest BCUT2D eigenvalue weighted by Gasteiger charge is -2.20. The van der Waals surface area contributed by atoms with Crippen LogP contribution in [-0.4, -0.2) is 49.8 Å². The molecule has 4 atom stereocenters. The van der Waals surface area contributed by atoms with Gasteiger partial charge in [-0.15, -0.1) is 0 Å². The smallest absolute Gasteiger partial charge is 0.171 e. The SMILES string of the molecule is OC[C@H]1O[C@@H](n2c(SCc3ccc(F)cc3)nc3cc(Cl)c(Cl)cc32)[C@H](O)[C@@H]1O. The third kappa shape index (κ3) is 3.98. The molecular formula is C19H17Cl2FN2O4S. The third-order valence-corrected chi connectivity index (χ3v) is 6.50. The minimum absolute atomic E-state index is 0.308. The number of aliphatic hydroxyl groups is 3. The summed E-state index contributed by atoms with van der Waals surface area (Å²) < 4.78 is 20.5. The van der Waals surface area contributed by atoms with Gasteiger partial charge in [0.1, 0.15) is 24.1 Å². The van der Waals surface area contributed by atoms with E-state index in [9.17, 15) is 19.7 Å². The van der Waals surface area contributed by atoms with Crippen LogP contribution in [0.4, 0.5) is 4.39 Å². The van der Waals surface area contributed by atoms with Crippen LogP contribution in [0.15, 0.2) is 41.6 Å². The van der Waals surface area contributed by atoms with Crippen LogP contribution < -0.4 is 0 Å². The van der Waals surface area contributed by atoms with Gasteiger partial charge in [-0.25, -0.2) is 9.37 Å². The van der Waals surface area contributed by atoms with Crippen molar-refractivity contribution in [2.75, 3.05) is 6.61 Å². The Morgan fingerprint density at radius 2 is 1.79 bits per heavy atom. The minimum atomic E-state index is -1.27. The van der Waals surface area contributed by atoms with E-state index < -0.39 is 31.1 Å². The summed E-state index contributed by atoms with van der Waals surface area (Å²) in [5.41, 5.74) is 1.99. The van der Waals surface area contributed by atoms with E-state index in [-0.39, 0.29) is 5.82 Å². The summed E-state index contributed by atoms with van der Waals surface area (Å²) in [5, 5.41) is 31.2. The van der Waals surface area contributed by atoms with Gasteiger partial charge in [-0.3, -0.25) is 4.57 Å². The van der Waals surface area contributed by atoms with E-state index in [0.29, 0.717) is 32.0 Å². The van der Waals surface area contributed by atoms with Crippen molar-refractivity contribution >= 4 is 46.0 Å². The van der Waals surface area contributed by atoms with E-state index >= 15 is 0 Å². The molecule has 0 radical (unpaired) electrons. The molecule has 0 aliphatic carbocycles. The Hall–Kier alpha value is -1.39. The van der Waals surface area contributed by atoms with Gasteiger partial charge in [0, 0.05) is 5.75 Å². The molecule has 29 heavy (non-hydrogen) atoms. The zero-order chi connectivity index (χ0) is 20.7. The number of benzene rings is 2. The predicted molar refractivity (Wildman–Crippen MR) is 109 cm³/mol. The van der Waals surface area contributed by atoms with Gasteiger partial charge in [0.05, 0.1) is 27.7 Å². The first-order valence-corrected chi connectivity index (χ1v) is 10.5. The first-order valence-electron chi connectivity index (χ1n) is 8.75. The summed E-state index contributed by atoms with van der Waals surface area (Å²) in [6, 6.07) is 9.34. The summed E-state index contributed by atoms with van der Waals surface area (Å²) in [4.78, 5) is 4.58. The zero-order valence-corrected chi connectivity index (χ0v) is 17.2. The van der Waals surface area contributed by atoms with Crippen molar-refractivity contribution in [2.24, 2.45) is 0 Å². The van der Waals surface area contributed by atoms with Gasteiger partial charge in [0.25, 0.3) is 0 Å². The highest BCUT2D eigenvalue weighted by molar-refractivity contribution is 7.98. The van der Waals surface area contributed by atoms with Crippen LogP contribution in [0.1, 0.15) is 11.8 Å². The molecule has 6 nitrogen and oxygen atoms in total. The fourth-order valence-corrected chi connectivity index (χ4v) is 4.55. The minimum Gasteiger partial charge on any atom is -0.394 e. The lowest BCUT2D eigenvalue weighted by Crippen LogP contribution is -2.33. The normalized spacial score (nSPS) is 24.5. The highest BCUT2D eigenvalue weighted by Crippen LogP contribution is 2.39. The van der Waals surface area contributed by atoms with Crippen molar-refractivity contribution in [1.29, 1.82) is 0 Å². The summed E-state index contributed by atoms with van der Waals surface area (Å²) in [6.45, 7) is -0.438. The largest absolute Gasteiger partial charge is 0.394 e. The quantitative estimate of drug-likeness (QED) is 0.508. The maximum atomic E-state index is 13.1. The second-order valence-corrected chi connectivity index (χ2v) is 8.42. The molecule has 0 amide bonds. The summed E-state index contributed by atoms with van der Waals surface area (Å²) >= 11 is 13.6. The average Bonchev–Trinajstić information content (AvgIpc) is 3.18. The molecule has 3 N–H and O–H groups in total. The standard InChI is InChI=1S/C19H17Cl2FN2O4S/c20-11-5-13-14(6-12(11)21)24(18-17(27)16(26)15(7-25)28-18)19(23-13)29-8-9-1-3-10(22)4-2-9/h1-6,15-18,25-27H,7-8H2/t15-,16-,17-,18-/m1/s1. The van der Waals surface area contributed by atoms with Crippen molar-refractivity contribution < 1.29 is 24.4 Å². The summed E-state index contributed by atoms with van der Waals surface area (Å²) in [6.07, 6.45) is -4.42. The van der Waals surface area contributed by atoms with Gasteiger partial charge >= 0.3 is 0 Å². The fraction of sp³-hybridized carbons (Fsp3) is 0.316. The molecule has 2 aromatic carbocycles. The molecule has 10 heteroatoms. The number of aliphatic hydroxyl groups excluding tert-OH is 3. The lowest BCUT2D eigenvalue weighted by atomic mass is 10.1. The Labute approximate surface area is 179 Å². The molecule has 1 aliphatic rings. The van der Waals surface area contributed by atoms with Crippen LogP contribution in [0.25, 0.3) is 11.0 Å². The zero-order valence-electron chi connectivity index (χ0n) is 14.9. The van der Waals surface area contributed by atoms with Crippen LogP contribution >= 0.6 is 35.0 Å². The highest BCUT2D eigenvalue weighted by Gasteiger charge is 2.44. The number of nitrogens with zero attached hydrogens (tertiary/aromatic N) is 2. The molecule has 4 rings (SSSR count). The molecule has 0 unspecified atom stereocenters. The van der Waals surface area contributed by atoms with Gasteiger partial charge in [-0.05, 0) is 29.8 Å². The van der Waals surface area contributed by atoms with Crippen LogP contribution in [0, 0.1) is 5.82 Å². The highest BCUT2D eigenvalue weighted by atomic mass is 35.5. The fourth-order valence-electron chi connectivity index (χ4n) is 3.24. The van der Waals surface area contributed by atoms with Crippen LogP contribution in [0.5, 0.6) is 0 Å². The Morgan fingerprint density at radius 1 is 1.10 bits per heavy atom. The summed E-state index contributed by atoms with van der Waals surface area (Å²) in [7, 11) is 0. The van der Waals surface area contributed by atoms with E-state index in [1.165, 1.54) is 23.9 Å². The molecule has 2 heterocycles. The first kappa shape index (κ1) is 20.9. The third-order valence-electron chi connectivity index (χ3n) is 4.75. The second kappa shape index (κ2) is 8.39. The van der Waals surface area contributed by atoms with E-state index in [4.69, 9.17) is 27.9 Å². The predicted octanol–water partition coefficient (Wildman–Crippen LogP) is 3.39. The van der Waals surface area contributed by atoms with Crippen molar-refractivity contribution in [2.45, 2.75) is 35.4 Å². The van der Waals surface area contributed by atoms with Gasteiger partial charge in [-0.1, -0.05) is 47.1 Å². The molecule has 1 fully saturated rings. The number of ether oxygens (including phenoxy) is 1. The van der Waals surface area contributed by atoms with Crippen LogP contribution in [0.2, 0.25) is 10.0 Å². The number of hydrogen-bond acceptors (Lipinski definition) is 6. The Bertz CT molecular complexity index is 1030. The maximum absolute atomic E-state index is 13.1. The van der Waals surface area contributed by atoms with Gasteiger partial charge in [0.2, 0.25) is 0 Å². The Kier molecular flexibility index (Phi) is 6.04. The number of fused-ring (bicyclic) bond motifs is 1. The molecule has 1 saturated heterocycles. The van der Waals surface area contributed by atoms with Crippen molar-refractivity contribution in [3.05, 3.63) is 57.8 Å². The van der Waals surface area contributed by atoms with Crippen LogP contribution in [-0.2, 0) is 10.5 Å². The van der Waals surface area contributed by atoms with Crippen LogP contribution in [0.3, 0.4) is 0 Å². The second-order valence-electron chi connectivity index (χ2n) is 6.66. The number of thioether (sulfide) groups is 1. The van der Waals surface area contributed by atoms with Gasteiger partial charge in [-0.2, -0.15) is 0 Å².